The van der Waals surface area contributed by atoms with E-state index in [-0.39, 0.29) is 0 Å². The van der Waals surface area contributed by atoms with Gasteiger partial charge in [-0.1, -0.05) is 151 Å². The van der Waals surface area contributed by atoms with Crippen molar-refractivity contribution in [1.29, 1.82) is 0 Å². The van der Waals surface area contributed by atoms with Gasteiger partial charge in [0.05, 0.1) is 12.3 Å². The van der Waals surface area contributed by atoms with Crippen molar-refractivity contribution in [3.05, 3.63) is 174 Å². The van der Waals surface area contributed by atoms with Crippen molar-refractivity contribution >= 4 is 44.1 Å². The Kier molecular flexibility index (Phi) is 6.92. The van der Waals surface area contributed by atoms with E-state index in [0.717, 1.165) is 16.8 Å². The van der Waals surface area contributed by atoms with E-state index in [2.05, 4.69) is 159 Å². The van der Waals surface area contributed by atoms with Gasteiger partial charge in [-0.3, -0.25) is 4.99 Å². The second kappa shape index (κ2) is 11.3. The van der Waals surface area contributed by atoms with Crippen LogP contribution in [0.2, 0.25) is 0 Å². The van der Waals surface area contributed by atoms with Gasteiger partial charge in [-0.2, -0.15) is 0 Å². The molecule has 0 N–H and O–H groups in total. The third-order valence-corrected chi connectivity index (χ3v) is 8.04. The Labute approximate surface area is 247 Å². The number of benzene rings is 7. The van der Waals surface area contributed by atoms with Gasteiger partial charge in [0.15, 0.2) is 0 Å². The summed E-state index contributed by atoms with van der Waals surface area (Å²) in [6.07, 6.45) is 4.34. The van der Waals surface area contributed by atoms with Crippen LogP contribution in [0.25, 0.3) is 49.5 Å². The number of hydrogen-bond donors (Lipinski definition) is 0. The van der Waals surface area contributed by atoms with Crippen LogP contribution in [-0.4, -0.2) is 5.71 Å². The summed E-state index contributed by atoms with van der Waals surface area (Å²) in [4.78, 5) is 5.08. The quantitative estimate of drug-likeness (QED) is 0.148. The molecule has 0 atom stereocenters. The number of nitrogens with zero attached hydrogens (tertiary/aromatic N) is 1. The van der Waals surface area contributed by atoms with Crippen molar-refractivity contribution in [2.24, 2.45) is 4.99 Å². The molecule has 0 aliphatic heterocycles. The second-order valence-electron chi connectivity index (χ2n) is 10.9. The van der Waals surface area contributed by atoms with E-state index >= 15 is 0 Å². The molecule has 0 unspecified atom stereocenters. The molecule has 0 amide bonds. The van der Waals surface area contributed by atoms with Crippen LogP contribution >= 0.6 is 0 Å². The second-order valence-corrected chi connectivity index (χ2v) is 10.9. The van der Waals surface area contributed by atoms with Crippen LogP contribution in [0, 0.1) is 6.92 Å². The predicted octanol–water partition coefficient (Wildman–Crippen LogP) is 10.8. The molecule has 200 valence electrons. The highest BCUT2D eigenvalue weighted by Crippen LogP contribution is 2.35. The van der Waals surface area contributed by atoms with Gasteiger partial charge in [0, 0.05) is 0 Å². The Bertz CT molecular complexity index is 2050. The van der Waals surface area contributed by atoms with Crippen LogP contribution in [0.4, 0.5) is 0 Å². The van der Waals surface area contributed by atoms with Gasteiger partial charge >= 0.3 is 0 Å². The molecule has 0 aliphatic carbocycles. The summed E-state index contributed by atoms with van der Waals surface area (Å²) in [5.41, 5.74) is 8.17. The number of allylic oxidation sites excluding steroid dienone is 1. The standard InChI is InChI=1S/C41H31N/c1-29-15-21-32(22-16-29)33-23-17-31(18-24-33)28-42-41(34-9-3-2-4-10-34)26-20-30-19-25-39-37-13-6-5-11-35(37)36-12-7-8-14-38(36)40(39)27-30/h2-27H,28H2,1H3/b26-20+,42-41?. The number of fused-ring (bicyclic) bond motifs is 6. The van der Waals surface area contributed by atoms with Crippen molar-refractivity contribution in [1.82, 2.24) is 0 Å². The molecular weight excluding hydrogens is 506 g/mol. The van der Waals surface area contributed by atoms with E-state index in [1.807, 2.05) is 6.07 Å². The van der Waals surface area contributed by atoms with Crippen LogP contribution < -0.4 is 0 Å². The maximum Gasteiger partial charge on any atom is 0.0650 e. The lowest BCUT2D eigenvalue weighted by Gasteiger charge is -2.11. The van der Waals surface area contributed by atoms with Crippen molar-refractivity contribution < 1.29 is 0 Å². The van der Waals surface area contributed by atoms with Crippen LogP contribution in [0.5, 0.6) is 0 Å². The third kappa shape index (κ3) is 5.13. The maximum absolute atomic E-state index is 5.08. The lowest BCUT2D eigenvalue weighted by atomic mass is 9.93. The zero-order valence-electron chi connectivity index (χ0n) is 23.7. The van der Waals surface area contributed by atoms with Gasteiger partial charge in [0.1, 0.15) is 0 Å². The number of aryl methyl sites for hydroxylation is 1. The molecule has 42 heavy (non-hydrogen) atoms. The van der Waals surface area contributed by atoms with Crippen molar-refractivity contribution in [3.63, 3.8) is 0 Å². The zero-order chi connectivity index (χ0) is 28.3. The van der Waals surface area contributed by atoms with Gasteiger partial charge < -0.3 is 0 Å². The monoisotopic (exact) mass is 537 g/mol. The molecule has 0 bridgehead atoms. The first-order valence-electron chi connectivity index (χ1n) is 14.5. The number of hydrogen-bond acceptors (Lipinski definition) is 1. The average molecular weight is 538 g/mol. The molecular formula is C41H31N. The van der Waals surface area contributed by atoms with Crippen LogP contribution in [0.15, 0.2) is 157 Å². The molecule has 1 nitrogen and oxygen atoms in total. The summed E-state index contributed by atoms with van der Waals surface area (Å²) in [5, 5.41) is 7.73. The summed E-state index contributed by atoms with van der Waals surface area (Å²) in [6, 6.07) is 52.1. The van der Waals surface area contributed by atoms with Crippen LogP contribution in [-0.2, 0) is 6.54 Å². The molecule has 1 heteroatoms. The van der Waals surface area contributed by atoms with Gasteiger partial charge in [0.2, 0.25) is 0 Å². The first kappa shape index (κ1) is 25.7. The minimum Gasteiger partial charge on any atom is -0.280 e. The summed E-state index contributed by atoms with van der Waals surface area (Å²) < 4.78 is 0. The molecule has 7 aromatic carbocycles. The highest BCUT2D eigenvalue weighted by Gasteiger charge is 2.08. The van der Waals surface area contributed by atoms with E-state index < -0.39 is 0 Å². The Morgan fingerprint density at radius 1 is 0.524 bits per heavy atom. The fraction of sp³-hybridized carbons (Fsp3) is 0.0488. The third-order valence-electron chi connectivity index (χ3n) is 8.04. The van der Waals surface area contributed by atoms with Crippen molar-refractivity contribution in [3.8, 4) is 11.1 Å². The minimum absolute atomic E-state index is 0.622. The lowest BCUT2D eigenvalue weighted by Crippen LogP contribution is -1.98. The van der Waals surface area contributed by atoms with Gasteiger partial charge in [-0.15, -0.1) is 0 Å². The zero-order valence-corrected chi connectivity index (χ0v) is 23.7. The molecule has 0 saturated heterocycles. The van der Waals surface area contributed by atoms with E-state index in [4.69, 9.17) is 4.99 Å². The van der Waals surface area contributed by atoms with E-state index in [0.29, 0.717) is 6.54 Å². The molecule has 0 aliphatic rings. The van der Waals surface area contributed by atoms with Gasteiger partial charge in [-0.05, 0) is 79.2 Å². The van der Waals surface area contributed by atoms with Gasteiger partial charge in [0.25, 0.3) is 0 Å². The van der Waals surface area contributed by atoms with Crippen LogP contribution in [0.1, 0.15) is 22.3 Å². The highest BCUT2D eigenvalue weighted by molar-refractivity contribution is 6.25. The lowest BCUT2D eigenvalue weighted by molar-refractivity contribution is 1.07. The summed E-state index contributed by atoms with van der Waals surface area (Å²) >= 11 is 0. The van der Waals surface area contributed by atoms with Crippen molar-refractivity contribution in [2.45, 2.75) is 13.5 Å². The first-order chi connectivity index (χ1) is 20.7. The molecule has 7 rings (SSSR count). The molecule has 0 saturated carbocycles. The predicted molar refractivity (Wildman–Crippen MR) is 181 cm³/mol. The molecule has 0 radical (unpaired) electrons. The topological polar surface area (TPSA) is 12.4 Å². The Balaban J connectivity index is 1.22. The summed E-state index contributed by atoms with van der Waals surface area (Å²) in [5.74, 6) is 0. The smallest absolute Gasteiger partial charge is 0.0650 e. The maximum atomic E-state index is 5.08. The molecule has 0 spiro atoms. The Morgan fingerprint density at radius 2 is 1.05 bits per heavy atom. The first-order valence-corrected chi connectivity index (χ1v) is 14.5. The average Bonchev–Trinajstić information content (AvgIpc) is 3.06. The van der Waals surface area contributed by atoms with E-state index in [1.165, 1.54) is 54.6 Å². The van der Waals surface area contributed by atoms with Gasteiger partial charge in [-0.25, -0.2) is 0 Å². The van der Waals surface area contributed by atoms with Crippen molar-refractivity contribution in [2.75, 3.05) is 0 Å². The number of aliphatic imine (C=N–C) groups is 1. The summed E-state index contributed by atoms with van der Waals surface area (Å²) in [7, 11) is 0. The molecule has 0 aromatic heterocycles. The van der Waals surface area contributed by atoms with E-state index in [9.17, 15) is 0 Å². The minimum atomic E-state index is 0.622. The number of rotatable bonds is 6. The van der Waals surface area contributed by atoms with Crippen LogP contribution in [0.3, 0.4) is 0 Å². The van der Waals surface area contributed by atoms with E-state index in [1.54, 1.807) is 0 Å². The Hall–Kier alpha value is -5.27. The molecule has 7 aromatic rings. The fourth-order valence-corrected chi connectivity index (χ4v) is 5.78. The fourth-order valence-electron chi connectivity index (χ4n) is 5.78. The molecule has 0 fully saturated rings. The normalized spacial score (nSPS) is 12.1. The highest BCUT2D eigenvalue weighted by atomic mass is 14.7. The SMILES string of the molecule is Cc1ccc(-c2ccc(CN=C(/C=C/c3ccc4c5ccccc5c5ccccc5c4c3)c3ccccc3)cc2)cc1. The summed E-state index contributed by atoms with van der Waals surface area (Å²) in [6.45, 7) is 2.74. The Morgan fingerprint density at radius 3 is 1.67 bits per heavy atom. The molecule has 0 heterocycles. The largest absolute Gasteiger partial charge is 0.280 e.